The van der Waals surface area contributed by atoms with Crippen molar-refractivity contribution in [2.75, 3.05) is 26.6 Å². The lowest BCUT2D eigenvalue weighted by Gasteiger charge is -2.16. The number of carbonyl (C=O) groups excluding carboxylic acids is 2. The minimum absolute atomic E-state index is 0.228. The number of hydrogen-bond donors (Lipinski definition) is 3. The highest BCUT2D eigenvalue weighted by Crippen LogP contribution is 2.29. The van der Waals surface area contributed by atoms with Gasteiger partial charge in [0.05, 0.1) is 38.7 Å². The van der Waals surface area contributed by atoms with E-state index in [-0.39, 0.29) is 5.78 Å². The number of anilines is 1. The molecule has 2 rings (SSSR count). The van der Waals surface area contributed by atoms with Crippen LogP contribution in [0.15, 0.2) is 42.0 Å². The molecule has 1 amide bonds. The number of Topliss-reactive ketones (excluding diaryl/α,β-unsaturated/α-hetero) is 1. The van der Waals surface area contributed by atoms with Gasteiger partial charge >= 0.3 is 0 Å². The Labute approximate surface area is 181 Å². The van der Waals surface area contributed by atoms with Crippen LogP contribution in [-0.4, -0.2) is 50.3 Å². The second kappa shape index (κ2) is 10.6. The molecule has 8 nitrogen and oxygen atoms in total. The first-order valence-corrected chi connectivity index (χ1v) is 9.59. The molecule has 8 heteroatoms. The Kier molecular flexibility index (Phi) is 8.18. The Balaban J connectivity index is 2.36. The van der Waals surface area contributed by atoms with E-state index in [0.717, 1.165) is 0 Å². The predicted molar refractivity (Wildman–Crippen MR) is 119 cm³/mol. The van der Waals surface area contributed by atoms with Crippen molar-refractivity contribution in [3.8, 4) is 17.2 Å². The number of methoxy groups -OCH3 is 3. The van der Waals surface area contributed by atoms with E-state index in [1.54, 1.807) is 49.4 Å². The van der Waals surface area contributed by atoms with Crippen molar-refractivity contribution < 1.29 is 28.9 Å². The summed E-state index contributed by atoms with van der Waals surface area (Å²) in [5, 5.41) is 12.2. The molecule has 0 bridgehead atoms. The highest BCUT2D eigenvalue weighted by atomic mass is 16.5. The monoisotopic (exact) mass is 428 g/mol. The lowest BCUT2D eigenvalue weighted by molar-refractivity contribution is -0.119. The van der Waals surface area contributed by atoms with Gasteiger partial charge in [-0.2, -0.15) is 0 Å². The second-order valence-electron chi connectivity index (χ2n) is 6.94. The van der Waals surface area contributed by atoms with Crippen LogP contribution in [0.3, 0.4) is 0 Å². The lowest BCUT2D eigenvalue weighted by Crippen LogP contribution is -2.43. The van der Waals surface area contributed by atoms with Crippen molar-refractivity contribution in [2.24, 2.45) is 5.73 Å². The van der Waals surface area contributed by atoms with Crippen LogP contribution >= 0.6 is 0 Å². The third-order valence-electron chi connectivity index (χ3n) is 4.70. The third-order valence-corrected chi connectivity index (χ3v) is 4.70. The lowest BCUT2D eigenvalue weighted by atomic mass is 10.0. The van der Waals surface area contributed by atoms with Crippen LogP contribution in [0, 0.1) is 0 Å². The van der Waals surface area contributed by atoms with Gasteiger partial charge in [0.25, 0.3) is 0 Å². The van der Waals surface area contributed by atoms with Gasteiger partial charge in [-0.25, -0.2) is 0 Å². The van der Waals surface area contributed by atoms with Gasteiger partial charge in [0.1, 0.15) is 23.3 Å². The Morgan fingerprint density at radius 2 is 1.68 bits per heavy atom. The molecule has 0 heterocycles. The minimum atomic E-state index is -1.09. The fourth-order valence-electron chi connectivity index (χ4n) is 2.87. The number of hydrogen-bond acceptors (Lipinski definition) is 7. The zero-order chi connectivity index (χ0) is 23.1. The first-order valence-electron chi connectivity index (χ1n) is 9.59. The number of carbonyl (C=O) groups is 2. The Hall–Kier alpha value is -3.36. The summed E-state index contributed by atoms with van der Waals surface area (Å²) in [6.07, 6.45) is 0.678. The van der Waals surface area contributed by atoms with Crippen LogP contribution in [0.2, 0.25) is 0 Å². The molecule has 31 heavy (non-hydrogen) atoms. The third kappa shape index (κ3) is 5.84. The van der Waals surface area contributed by atoms with Crippen LogP contribution in [-0.2, 0) is 4.79 Å². The number of amides is 1. The van der Waals surface area contributed by atoms with Crippen LogP contribution in [0.1, 0.15) is 29.8 Å². The molecule has 0 aromatic heterocycles. The molecular weight excluding hydrogens is 400 g/mol. The summed E-state index contributed by atoms with van der Waals surface area (Å²) in [7, 11) is 4.49. The summed E-state index contributed by atoms with van der Waals surface area (Å²) in [6, 6.07) is 8.99. The number of nitrogens with one attached hydrogen (secondary N) is 1. The molecule has 0 aliphatic heterocycles. The Morgan fingerprint density at radius 3 is 2.26 bits per heavy atom. The van der Waals surface area contributed by atoms with E-state index in [2.05, 4.69) is 5.32 Å². The molecule has 2 aromatic rings. The maximum atomic E-state index is 13.0. The van der Waals surface area contributed by atoms with Crippen molar-refractivity contribution in [3.05, 3.63) is 53.1 Å². The fraction of sp³-hybridized carbons (Fsp3) is 0.304. The first kappa shape index (κ1) is 23.9. The van der Waals surface area contributed by atoms with E-state index < -0.39 is 18.1 Å². The number of aliphatic hydroxyl groups is 1. The average molecular weight is 428 g/mol. The fourth-order valence-corrected chi connectivity index (χ4v) is 2.87. The van der Waals surface area contributed by atoms with Crippen LogP contribution in [0.4, 0.5) is 5.69 Å². The molecule has 0 radical (unpaired) electrons. The number of aliphatic hydroxyl groups excluding tert-OH is 1. The molecule has 0 spiro atoms. The molecule has 0 saturated heterocycles. The molecule has 0 aliphatic rings. The van der Waals surface area contributed by atoms with Crippen LogP contribution in [0.5, 0.6) is 17.2 Å². The van der Waals surface area contributed by atoms with Gasteiger partial charge in [-0.05, 0) is 61.4 Å². The van der Waals surface area contributed by atoms with Crippen LogP contribution < -0.4 is 25.3 Å². The molecule has 2 aromatic carbocycles. The highest BCUT2D eigenvalue weighted by Gasteiger charge is 2.20. The summed E-state index contributed by atoms with van der Waals surface area (Å²) in [4.78, 5) is 25.2. The number of benzene rings is 2. The van der Waals surface area contributed by atoms with E-state index in [9.17, 15) is 14.7 Å². The molecule has 166 valence electrons. The molecule has 2 atom stereocenters. The summed E-state index contributed by atoms with van der Waals surface area (Å²) in [6.45, 7) is 3.12. The summed E-state index contributed by atoms with van der Waals surface area (Å²) >= 11 is 0. The smallest absolute Gasteiger partial charge is 0.244 e. The van der Waals surface area contributed by atoms with Gasteiger partial charge < -0.3 is 30.4 Å². The average Bonchev–Trinajstić information content (AvgIpc) is 2.77. The number of allylic oxidation sites excluding steroid dienone is 1. The van der Waals surface area contributed by atoms with E-state index in [0.29, 0.717) is 39.6 Å². The molecule has 0 saturated carbocycles. The standard InChI is InChI=1S/C23H28N2O6/c1-13(22(27)17-12-16(29-3)7-9-19(17)30-4)10-15-6-8-20(31-5)18(11-15)25-23(28)21(24)14(2)26/h6-12,14,21,26H,24H2,1-5H3,(H,25,28). The second-order valence-corrected chi connectivity index (χ2v) is 6.94. The number of rotatable bonds is 9. The van der Waals surface area contributed by atoms with Crippen molar-refractivity contribution in [2.45, 2.75) is 26.0 Å². The van der Waals surface area contributed by atoms with Gasteiger partial charge in [0.2, 0.25) is 5.91 Å². The normalized spacial score (nSPS) is 13.2. The first-order chi connectivity index (χ1) is 14.7. The molecular formula is C23H28N2O6. The van der Waals surface area contributed by atoms with E-state index in [1.807, 2.05) is 0 Å². The van der Waals surface area contributed by atoms with E-state index in [1.165, 1.54) is 28.3 Å². The minimum Gasteiger partial charge on any atom is -0.497 e. The maximum absolute atomic E-state index is 13.0. The summed E-state index contributed by atoms with van der Waals surface area (Å²) in [5.74, 6) is 0.618. The zero-order valence-corrected chi connectivity index (χ0v) is 18.3. The molecule has 4 N–H and O–H groups in total. The van der Waals surface area contributed by atoms with Gasteiger partial charge in [-0.1, -0.05) is 6.07 Å². The highest BCUT2D eigenvalue weighted by molar-refractivity contribution is 6.12. The topological polar surface area (TPSA) is 120 Å². The molecule has 0 aliphatic carbocycles. The maximum Gasteiger partial charge on any atom is 0.244 e. The van der Waals surface area contributed by atoms with Gasteiger partial charge in [0.15, 0.2) is 5.78 Å². The summed E-state index contributed by atoms with van der Waals surface area (Å²) < 4.78 is 15.8. The largest absolute Gasteiger partial charge is 0.497 e. The van der Waals surface area contributed by atoms with E-state index in [4.69, 9.17) is 19.9 Å². The van der Waals surface area contributed by atoms with Crippen molar-refractivity contribution in [1.82, 2.24) is 0 Å². The number of ether oxygens (including phenoxy) is 3. The molecule has 2 unspecified atom stereocenters. The zero-order valence-electron chi connectivity index (χ0n) is 18.3. The van der Waals surface area contributed by atoms with E-state index >= 15 is 0 Å². The Bertz CT molecular complexity index is 984. The quantitative estimate of drug-likeness (QED) is 0.415. The Morgan fingerprint density at radius 1 is 1.03 bits per heavy atom. The van der Waals surface area contributed by atoms with Gasteiger partial charge in [-0.15, -0.1) is 0 Å². The van der Waals surface area contributed by atoms with Gasteiger partial charge in [0, 0.05) is 0 Å². The SMILES string of the molecule is COc1ccc(OC)c(C(=O)C(C)=Cc2ccc(OC)c(NC(=O)C(N)C(C)O)c2)c1. The van der Waals surface area contributed by atoms with Crippen molar-refractivity contribution in [3.63, 3.8) is 0 Å². The summed E-state index contributed by atoms with van der Waals surface area (Å²) in [5.41, 5.74) is 7.55. The predicted octanol–water partition coefficient (Wildman–Crippen LogP) is 2.65. The number of ketones is 1. The van der Waals surface area contributed by atoms with Crippen molar-refractivity contribution in [1.29, 1.82) is 0 Å². The number of nitrogens with two attached hydrogens (primary N) is 1. The van der Waals surface area contributed by atoms with Crippen LogP contribution in [0.25, 0.3) is 6.08 Å². The van der Waals surface area contributed by atoms with Gasteiger partial charge in [-0.3, -0.25) is 9.59 Å². The molecule has 0 fully saturated rings. The van der Waals surface area contributed by atoms with Crippen molar-refractivity contribution >= 4 is 23.5 Å².